The molecule has 0 bridgehead atoms. The van der Waals surface area contributed by atoms with Crippen molar-refractivity contribution in [3.63, 3.8) is 0 Å². The molecule has 10 heteroatoms. The van der Waals surface area contributed by atoms with Gasteiger partial charge in [-0.05, 0) is 39.5 Å². The van der Waals surface area contributed by atoms with Gasteiger partial charge in [0.05, 0.1) is 18.1 Å². The van der Waals surface area contributed by atoms with Gasteiger partial charge in [-0.2, -0.15) is 5.26 Å². The van der Waals surface area contributed by atoms with Crippen molar-refractivity contribution in [2.45, 2.75) is 57.7 Å². The van der Waals surface area contributed by atoms with Crippen LogP contribution in [0.25, 0.3) is 0 Å². The molecule has 0 radical (unpaired) electrons. The number of amides is 1. The molecule has 2 aromatic rings. The highest BCUT2D eigenvalue weighted by atomic mass is 16.2. The fraction of sp³-hybridized carbons (Fsp3) is 0.474. The zero-order valence-electron chi connectivity index (χ0n) is 16.5. The lowest BCUT2D eigenvalue weighted by atomic mass is 9.91. The lowest BCUT2D eigenvalue weighted by Gasteiger charge is -2.28. The number of hydrogen-bond acceptors (Lipinski definition) is 9. The smallest absolute Gasteiger partial charge is 0.274 e. The first kappa shape index (κ1) is 20.4. The lowest BCUT2D eigenvalue weighted by molar-refractivity contribution is 0.0938. The number of carbonyl (C=O) groups excluding carboxylic acids is 1. The number of nitrogens with zero attached hydrogens (tertiary/aromatic N) is 5. The molecule has 0 spiro atoms. The van der Waals surface area contributed by atoms with E-state index in [1.54, 1.807) is 6.07 Å². The van der Waals surface area contributed by atoms with Gasteiger partial charge in [0.1, 0.15) is 11.9 Å². The van der Waals surface area contributed by atoms with Crippen molar-refractivity contribution < 1.29 is 4.79 Å². The monoisotopic (exact) mass is 395 g/mol. The third-order valence-electron chi connectivity index (χ3n) is 4.53. The number of hydrogen-bond donors (Lipinski definition) is 4. The van der Waals surface area contributed by atoms with Gasteiger partial charge >= 0.3 is 0 Å². The minimum atomic E-state index is -0.292. The highest BCUT2D eigenvalue weighted by Crippen LogP contribution is 2.25. The molecule has 2 atom stereocenters. The van der Waals surface area contributed by atoms with Crippen molar-refractivity contribution in [2.75, 3.05) is 10.6 Å². The lowest BCUT2D eigenvalue weighted by Crippen LogP contribution is -2.36. The Balaban J connectivity index is 1.84. The van der Waals surface area contributed by atoms with Crippen LogP contribution in [0.4, 0.5) is 17.3 Å². The van der Waals surface area contributed by atoms with Crippen LogP contribution in [-0.2, 0) is 0 Å². The summed E-state index contributed by atoms with van der Waals surface area (Å²) in [7, 11) is 0. The molecule has 10 nitrogen and oxygen atoms in total. The third-order valence-corrected chi connectivity index (χ3v) is 4.53. The molecule has 2 heterocycles. The Hall–Kier alpha value is -3.32. The summed E-state index contributed by atoms with van der Waals surface area (Å²) in [6.07, 6.45) is 6.66. The van der Waals surface area contributed by atoms with Crippen molar-refractivity contribution in [3.05, 3.63) is 29.8 Å². The average molecular weight is 395 g/mol. The van der Waals surface area contributed by atoms with Crippen LogP contribution in [-0.4, -0.2) is 44.2 Å². The number of carbonyl (C=O) groups is 1. The maximum absolute atomic E-state index is 12.6. The van der Waals surface area contributed by atoms with Crippen LogP contribution in [0.2, 0.25) is 0 Å². The minimum absolute atomic E-state index is 0.0213. The first-order valence-corrected chi connectivity index (χ1v) is 9.64. The molecule has 1 saturated carbocycles. The molecule has 152 valence electrons. The van der Waals surface area contributed by atoms with E-state index < -0.39 is 0 Å². The molecule has 29 heavy (non-hydrogen) atoms. The van der Waals surface area contributed by atoms with Crippen LogP contribution in [0.1, 0.15) is 55.7 Å². The molecular weight excluding hydrogens is 370 g/mol. The topological polar surface area (TPSA) is 155 Å². The Bertz CT molecular complexity index is 892. The van der Waals surface area contributed by atoms with Crippen LogP contribution < -0.4 is 21.7 Å². The quantitative estimate of drug-likeness (QED) is 0.572. The average Bonchev–Trinajstić information content (AvgIpc) is 2.68. The fourth-order valence-electron chi connectivity index (χ4n) is 3.22. The molecule has 5 N–H and O–H groups in total. The molecule has 2 aromatic heterocycles. The van der Waals surface area contributed by atoms with Gasteiger partial charge in [-0.3, -0.25) is 4.79 Å². The zero-order chi connectivity index (χ0) is 20.8. The second kappa shape index (κ2) is 9.25. The Morgan fingerprint density at radius 1 is 1.24 bits per heavy atom. The summed E-state index contributed by atoms with van der Waals surface area (Å²) in [4.78, 5) is 20.7. The zero-order valence-corrected chi connectivity index (χ0v) is 16.5. The molecule has 0 saturated heterocycles. The van der Waals surface area contributed by atoms with Gasteiger partial charge in [-0.25, -0.2) is 9.97 Å². The van der Waals surface area contributed by atoms with Crippen LogP contribution in [0, 0.1) is 11.3 Å². The molecule has 1 fully saturated rings. The highest BCUT2D eigenvalue weighted by Gasteiger charge is 2.23. The van der Waals surface area contributed by atoms with E-state index >= 15 is 0 Å². The van der Waals surface area contributed by atoms with E-state index in [-0.39, 0.29) is 35.4 Å². The van der Waals surface area contributed by atoms with E-state index in [2.05, 4.69) is 36.1 Å². The van der Waals surface area contributed by atoms with Crippen LogP contribution >= 0.6 is 0 Å². The summed E-state index contributed by atoms with van der Waals surface area (Å²) in [6, 6.07) is 3.93. The predicted molar refractivity (Wildman–Crippen MR) is 109 cm³/mol. The summed E-state index contributed by atoms with van der Waals surface area (Å²) < 4.78 is 0. The van der Waals surface area contributed by atoms with Crippen LogP contribution in [0.3, 0.4) is 0 Å². The molecule has 1 aliphatic carbocycles. The Morgan fingerprint density at radius 2 is 2.07 bits per heavy atom. The van der Waals surface area contributed by atoms with Crippen molar-refractivity contribution in [1.29, 1.82) is 5.26 Å². The maximum Gasteiger partial charge on any atom is 0.274 e. The van der Waals surface area contributed by atoms with Gasteiger partial charge < -0.3 is 21.7 Å². The van der Waals surface area contributed by atoms with Crippen molar-refractivity contribution in [2.24, 2.45) is 5.73 Å². The van der Waals surface area contributed by atoms with Gasteiger partial charge in [0.15, 0.2) is 17.2 Å². The van der Waals surface area contributed by atoms with Gasteiger partial charge in [0, 0.05) is 24.2 Å². The Morgan fingerprint density at radius 3 is 2.72 bits per heavy atom. The second-order valence-electron chi connectivity index (χ2n) is 7.41. The van der Waals surface area contributed by atoms with Crippen LogP contribution in [0.15, 0.2) is 18.5 Å². The van der Waals surface area contributed by atoms with Crippen LogP contribution in [0.5, 0.6) is 0 Å². The number of nitriles is 1. The molecular formula is C19H25N9O. The van der Waals surface area contributed by atoms with E-state index in [9.17, 15) is 4.79 Å². The van der Waals surface area contributed by atoms with E-state index in [4.69, 9.17) is 11.0 Å². The Kier molecular flexibility index (Phi) is 6.51. The first-order valence-electron chi connectivity index (χ1n) is 9.64. The van der Waals surface area contributed by atoms with Gasteiger partial charge in [-0.15, -0.1) is 10.2 Å². The largest absolute Gasteiger partial charge is 0.380 e. The van der Waals surface area contributed by atoms with E-state index in [1.807, 2.05) is 19.9 Å². The number of nitrogens with one attached hydrogen (secondary N) is 3. The SMILES string of the molecule is CC(C)NC(=O)c1nnc(Nc2cnc(C#N)cn2)cc1NC1CCCC(N)C1. The second-order valence-corrected chi connectivity index (χ2v) is 7.41. The fourth-order valence-corrected chi connectivity index (χ4v) is 3.22. The summed E-state index contributed by atoms with van der Waals surface area (Å²) in [6.45, 7) is 3.77. The van der Waals surface area contributed by atoms with E-state index in [0.29, 0.717) is 17.3 Å². The number of nitrogens with two attached hydrogens (primary N) is 1. The molecule has 3 rings (SSSR count). The minimum Gasteiger partial charge on any atom is -0.380 e. The molecule has 0 aliphatic heterocycles. The Labute approximate surface area is 169 Å². The van der Waals surface area contributed by atoms with Gasteiger partial charge in [0.25, 0.3) is 5.91 Å². The van der Waals surface area contributed by atoms with Gasteiger partial charge in [-0.1, -0.05) is 0 Å². The number of rotatable bonds is 6. The van der Waals surface area contributed by atoms with Crippen molar-refractivity contribution >= 4 is 23.2 Å². The highest BCUT2D eigenvalue weighted by molar-refractivity contribution is 5.98. The summed E-state index contributed by atoms with van der Waals surface area (Å²) in [5.74, 6) is 0.538. The molecule has 2 unspecified atom stereocenters. The van der Waals surface area contributed by atoms with Gasteiger partial charge in [0.2, 0.25) is 0 Å². The normalized spacial score (nSPS) is 18.7. The predicted octanol–water partition coefficient (Wildman–Crippen LogP) is 1.70. The standard InChI is InChI=1S/C19H25N9O/c1-11(2)24-19(29)18-15(25-13-5-3-4-12(21)6-13)7-16(27-28-18)26-17-10-22-14(8-20)9-23-17/h7,9-13H,3-6,21H2,1-2H3,(H,24,29)(H2,23,25,26,27). The van der Waals surface area contributed by atoms with Crippen molar-refractivity contribution in [3.8, 4) is 6.07 Å². The summed E-state index contributed by atoms with van der Waals surface area (Å²) in [5.41, 5.74) is 7.14. The summed E-state index contributed by atoms with van der Waals surface area (Å²) >= 11 is 0. The van der Waals surface area contributed by atoms with E-state index in [1.165, 1.54) is 12.4 Å². The molecule has 1 amide bonds. The summed E-state index contributed by atoms with van der Waals surface area (Å²) in [5, 5.41) is 26.3. The third kappa shape index (κ3) is 5.58. The number of anilines is 3. The van der Waals surface area contributed by atoms with E-state index in [0.717, 1.165) is 25.7 Å². The molecule has 0 aromatic carbocycles. The van der Waals surface area contributed by atoms with Crippen molar-refractivity contribution in [1.82, 2.24) is 25.5 Å². The first-order chi connectivity index (χ1) is 13.9. The molecule has 1 aliphatic rings. The maximum atomic E-state index is 12.6. The number of aromatic nitrogens is 4.